The molecule has 4 nitrogen and oxygen atoms in total. The van der Waals surface area contributed by atoms with Crippen LogP contribution in [0.2, 0.25) is 0 Å². The normalized spacial score (nSPS) is 26.0. The van der Waals surface area contributed by atoms with E-state index in [1.807, 2.05) is 5.06 Å². The molecule has 0 aromatic heterocycles. The summed E-state index contributed by atoms with van der Waals surface area (Å²) in [6.45, 7) is 5.53. The first-order chi connectivity index (χ1) is 5.88. The lowest BCUT2D eigenvalue weighted by atomic mass is 10.2. The standard InChI is InChI=1S/C8H18N2O2/c1-2-8-7-9-3-4-10(8)12-6-5-11/h8-9,11H,2-7H2,1H3. The highest BCUT2D eigenvalue weighted by molar-refractivity contribution is 4.73. The summed E-state index contributed by atoms with van der Waals surface area (Å²) in [7, 11) is 0. The highest BCUT2D eigenvalue weighted by Crippen LogP contribution is 2.06. The number of rotatable bonds is 4. The number of piperazine rings is 1. The van der Waals surface area contributed by atoms with Crippen LogP contribution < -0.4 is 5.32 Å². The monoisotopic (exact) mass is 174 g/mol. The van der Waals surface area contributed by atoms with E-state index in [2.05, 4.69) is 12.2 Å². The third kappa shape index (κ3) is 2.71. The molecule has 0 aromatic carbocycles. The molecule has 0 radical (unpaired) electrons. The summed E-state index contributed by atoms with van der Waals surface area (Å²) in [6, 6.07) is 0.463. The molecule has 1 saturated heterocycles. The van der Waals surface area contributed by atoms with E-state index in [-0.39, 0.29) is 6.61 Å². The van der Waals surface area contributed by atoms with Crippen molar-refractivity contribution in [3.63, 3.8) is 0 Å². The van der Waals surface area contributed by atoms with Crippen molar-refractivity contribution in [2.45, 2.75) is 19.4 Å². The zero-order valence-electron chi connectivity index (χ0n) is 7.62. The number of nitrogens with one attached hydrogen (secondary N) is 1. The lowest BCUT2D eigenvalue weighted by molar-refractivity contribution is -0.198. The Morgan fingerprint density at radius 2 is 2.50 bits per heavy atom. The second kappa shape index (κ2) is 5.48. The minimum Gasteiger partial charge on any atom is -0.394 e. The van der Waals surface area contributed by atoms with E-state index in [4.69, 9.17) is 9.94 Å². The number of hydroxylamine groups is 2. The van der Waals surface area contributed by atoms with Crippen LogP contribution in [0.25, 0.3) is 0 Å². The fourth-order valence-electron chi connectivity index (χ4n) is 1.42. The second-order valence-electron chi connectivity index (χ2n) is 2.96. The van der Waals surface area contributed by atoms with Crippen LogP contribution in [-0.4, -0.2) is 49.1 Å². The van der Waals surface area contributed by atoms with Crippen molar-refractivity contribution >= 4 is 0 Å². The highest BCUT2D eigenvalue weighted by Gasteiger charge is 2.20. The maximum Gasteiger partial charge on any atom is 0.0916 e. The predicted octanol–water partition coefficient (Wildman–Crippen LogP) is -0.406. The van der Waals surface area contributed by atoms with Crippen LogP contribution in [0.15, 0.2) is 0 Å². The number of aliphatic hydroxyl groups excluding tert-OH is 1. The zero-order valence-corrected chi connectivity index (χ0v) is 7.62. The smallest absolute Gasteiger partial charge is 0.0916 e. The molecule has 1 aliphatic rings. The summed E-state index contributed by atoms with van der Waals surface area (Å²) < 4.78 is 0. The molecule has 4 heteroatoms. The largest absolute Gasteiger partial charge is 0.394 e. The number of hydrogen-bond acceptors (Lipinski definition) is 4. The van der Waals surface area contributed by atoms with Gasteiger partial charge in [-0.3, -0.25) is 4.84 Å². The summed E-state index contributed by atoms with van der Waals surface area (Å²) in [5.41, 5.74) is 0. The van der Waals surface area contributed by atoms with Crippen LogP contribution >= 0.6 is 0 Å². The third-order valence-electron chi connectivity index (χ3n) is 2.12. The number of aliphatic hydroxyl groups is 1. The van der Waals surface area contributed by atoms with Crippen molar-refractivity contribution in [3.8, 4) is 0 Å². The first-order valence-electron chi connectivity index (χ1n) is 4.59. The van der Waals surface area contributed by atoms with Crippen molar-refractivity contribution in [2.75, 3.05) is 32.8 Å². The Labute approximate surface area is 73.5 Å². The number of nitrogens with zero attached hydrogens (tertiary/aromatic N) is 1. The van der Waals surface area contributed by atoms with E-state index < -0.39 is 0 Å². The van der Waals surface area contributed by atoms with E-state index in [0.29, 0.717) is 12.6 Å². The molecular formula is C8H18N2O2. The van der Waals surface area contributed by atoms with Crippen molar-refractivity contribution in [1.29, 1.82) is 0 Å². The Hall–Kier alpha value is -0.160. The summed E-state index contributed by atoms with van der Waals surface area (Å²) in [5, 5.41) is 13.9. The van der Waals surface area contributed by atoms with Crippen molar-refractivity contribution < 1.29 is 9.94 Å². The maximum atomic E-state index is 8.59. The van der Waals surface area contributed by atoms with E-state index in [1.165, 1.54) is 0 Å². The van der Waals surface area contributed by atoms with Gasteiger partial charge in [0.05, 0.1) is 13.2 Å². The van der Waals surface area contributed by atoms with Gasteiger partial charge in [-0.1, -0.05) is 6.92 Å². The van der Waals surface area contributed by atoms with Crippen molar-refractivity contribution in [3.05, 3.63) is 0 Å². The van der Waals surface area contributed by atoms with Crippen molar-refractivity contribution in [1.82, 2.24) is 10.4 Å². The Kier molecular flexibility index (Phi) is 4.53. The summed E-state index contributed by atoms with van der Waals surface area (Å²) >= 11 is 0. The summed E-state index contributed by atoms with van der Waals surface area (Å²) in [4.78, 5) is 5.38. The molecule has 1 atom stereocenters. The van der Waals surface area contributed by atoms with E-state index in [1.54, 1.807) is 0 Å². The van der Waals surface area contributed by atoms with E-state index >= 15 is 0 Å². The molecule has 72 valence electrons. The van der Waals surface area contributed by atoms with Crippen LogP contribution in [-0.2, 0) is 4.84 Å². The minimum absolute atomic E-state index is 0.0976. The van der Waals surface area contributed by atoms with Gasteiger partial charge >= 0.3 is 0 Å². The molecule has 1 aliphatic heterocycles. The van der Waals surface area contributed by atoms with Gasteiger partial charge in [0.15, 0.2) is 0 Å². The number of hydrogen-bond donors (Lipinski definition) is 2. The lowest BCUT2D eigenvalue weighted by Gasteiger charge is -2.34. The quantitative estimate of drug-likeness (QED) is 0.608. The molecule has 1 unspecified atom stereocenters. The average molecular weight is 174 g/mol. The molecule has 1 heterocycles. The molecule has 2 N–H and O–H groups in total. The van der Waals surface area contributed by atoms with Gasteiger partial charge in [-0.25, -0.2) is 0 Å². The van der Waals surface area contributed by atoms with E-state index in [0.717, 1.165) is 26.1 Å². The van der Waals surface area contributed by atoms with Crippen LogP contribution in [0.5, 0.6) is 0 Å². The zero-order chi connectivity index (χ0) is 8.81. The van der Waals surface area contributed by atoms with Crippen LogP contribution in [0.1, 0.15) is 13.3 Å². The van der Waals surface area contributed by atoms with Gasteiger partial charge in [-0.15, -0.1) is 0 Å². The Morgan fingerprint density at radius 3 is 3.17 bits per heavy atom. The molecule has 0 saturated carbocycles. The average Bonchev–Trinajstić information content (AvgIpc) is 2.15. The fourth-order valence-corrected chi connectivity index (χ4v) is 1.42. The molecule has 1 fully saturated rings. The van der Waals surface area contributed by atoms with Gasteiger partial charge in [0.1, 0.15) is 0 Å². The molecule has 0 bridgehead atoms. The third-order valence-corrected chi connectivity index (χ3v) is 2.12. The van der Waals surface area contributed by atoms with Gasteiger partial charge in [0.2, 0.25) is 0 Å². The van der Waals surface area contributed by atoms with Gasteiger partial charge < -0.3 is 10.4 Å². The Morgan fingerprint density at radius 1 is 1.67 bits per heavy atom. The van der Waals surface area contributed by atoms with Crippen LogP contribution in [0.4, 0.5) is 0 Å². The maximum absolute atomic E-state index is 8.59. The molecular weight excluding hydrogens is 156 g/mol. The van der Waals surface area contributed by atoms with Gasteiger partial charge in [-0.05, 0) is 6.42 Å². The molecule has 0 amide bonds. The molecule has 1 rings (SSSR count). The molecule has 0 spiro atoms. The first kappa shape index (κ1) is 9.92. The fraction of sp³-hybridized carbons (Fsp3) is 1.00. The van der Waals surface area contributed by atoms with Gasteiger partial charge in [-0.2, -0.15) is 5.06 Å². The van der Waals surface area contributed by atoms with Crippen LogP contribution in [0, 0.1) is 0 Å². The van der Waals surface area contributed by atoms with Crippen molar-refractivity contribution in [2.24, 2.45) is 0 Å². The topological polar surface area (TPSA) is 44.7 Å². The van der Waals surface area contributed by atoms with Gasteiger partial charge in [0, 0.05) is 25.7 Å². The Bertz CT molecular complexity index is 122. The predicted molar refractivity (Wildman–Crippen MR) is 46.7 cm³/mol. The summed E-state index contributed by atoms with van der Waals surface area (Å²) in [6.07, 6.45) is 1.08. The summed E-state index contributed by atoms with van der Waals surface area (Å²) in [5.74, 6) is 0. The second-order valence-corrected chi connectivity index (χ2v) is 2.96. The molecule has 0 aromatic rings. The lowest BCUT2D eigenvalue weighted by Crippen LogP contribution is -2.50. The van der Waals surface area contributed by atoms with Crippen LogP contribution in [0.3, 0.4) is 0 Å². The van der Waals surface area contributed by atoms with Gasteiger partial charge in [0.25, 0.3) is 0 Å². The SMILES string of the molecule is CCC1CNCCN1OCCO. The first-order valence-corrected chi connectivity index (χ1v) is 4.59. The molecule has 12 heavy (non-hydrogen) atoms. The van der Waals surface area contributed by atoms with E-state index in [9.17, 15) is 0 Å². The minimum atomic E-state index is 0.0976. The highest BCUT2D eigenvalue weighted by atomic mass is 16.7. The Balaban J connectivity index is 2.26. The molecule has 0 aliphatic carbocycles.